The normalized spacial score (nSPS) is 16.2. The molecule has 0 atom stereocenters. The summed E-state index contributed by atoms with van der Waals surface area (Å²) in [5.74, 6) is 0.583. The monoisotopic (exact) mass is 348 g/mol. The van der Waals surface area contributed by atoms with Crippen LogP contribution in [0.4, 0.5) is 0 Å². The fourth-order valence-electron chi connectivity index (χ4n) is 3.79. The van der Waals surface area contributed by atoms with Crippen molar-refractivity contribution in [3.8, 4) is 0 Å². The lowest BCUT2D eigenvalue weighted by molar-refractivity contribution is -0.124. The van der Waals surface area contributed by atoms with Gasteiger partial charge >= 0.3 is 0 Å². The lowest BCUT2D eigenvalue weighted by atomic mass is 9.90. The summed E-state index contributed by atoms with van der Waals surface area (Å²) < 4.78 is 0. The minimum absolute atomic E-state index is 0.204. The highest BCUT2D eigenvalue weighted by atomic mass is 16.1. The number of hydrogen-bond acceptors (Lipinski definition) is 4. The molecule has 0 unspecified atom stereocenters. The molecule has 0 bridgehead atoms. The molecule has 26 heavy (non-hydrogen) atoms. The van der Waals surface area contributed by atoms with Gasteiger partial charge in [-0.1, -0.05) is 6.07 Å². The van der Waals surface area contributed by atoms with Gasteiger partial charge in [0.2, 0.25) is 0 Å². The van der Waals surface area contributed by atoms with E-state index in [4.69, 9.17) is 0 Å². The molecule has 0 radical (unpaired) electrons. The molecular formula is C21H24N4O. The van der Waals surface area contributed by atoms with Crippen molar-refractivity contribution in [2.45, 2.75) is 32.2 Å². The van der Waals surface area contributed by atoms with Crippen LogP contribution in [0.5, 0.6) is 0 Å². The van der Waals surface area contributed by atoms with Gasteiger partial charge in [-0.05, 0) is 61.5 Å². The number of aromatic amines is 1. The third-order valence-electron chi connectivity index (χ3n) is 5.31. The number of nitrogens with one attached hydrogen (secondary N) is 1. The van der Waals surface area contributed by atoms with Gasteiger partial charge in [0.15, 0.2) is 0 Å². The summed E-state index contributed by atoms with van der Waals surface area (Å²) in [4.78, 5) is 26.5. The molecule has 0 spiro atoms. The first-order valence-electron chi connectivity index (χ1n) is 9.34. The maximum Gasteiger partial charge on any atom is 0.136 e. The second-order valence-electron chi connectivity index (χ2n) is 7.11. The zero-order valence-electron chi connectivity index (χ0n) is 14.9. The SMILES string of the molecule is O=C(CCc1cnccn1)C1CCN(Cc2ccc3[nH]ccc3c2)CC1. The van der Waals surface area contributed by atoms with Crippen LogP contribution < -0.4 is 0 Å². The van der Waals surface area contributed by atoms with Gasteiger partial charge in [0.1, 0.15) is 5.78 Å². The topological polar surface area (TPSA) is 61.9 Å². The highest BCUT2D eigenvalue weighted by Gasteiger charge is 2.24. The second-order valence-corrected chi connectivity index (χ2v) is 7.11. The Balaban J connectivity index is 1.26. The van der Waals surface area contributed by atoms with Crippen LogP contribution in [-0.4, -0.2) is 38.7 Å². The van der Waals surface area contributed by atoms with Crippen LogP contribution in [0.3, 0.4) is 0 Å². The molecule has 1 aliphatic rings. The van der Waals surface area contributed by atoms with Gasteiger partial charge in [0.05, 0.1) is 5.69 Å². The minimum atomic E-state index is 0.204. The molecule has 1 fully saturated rings. The number of hydrogen-bond donors (Lipinski definition) is 1. The highest BCUT2D eigenvalue weighted by Crippen LogP contribution is 2.22. The van der Waals surface area contributed by atoms with Crippen LogP contribution in [0.15, 0.2) is 49.1 Å². The van der Waals surface area contributed by atoms with E-state index in [-0.39, 0.29) is 5.92 Å². The van der Waals surface area contributed by atoms with E-state index in [2.05, 4.69) is 44.1 Å². The highest BCUT2D eigenvalue weighted by molar-refractivity contribution is 5.81. The van der Waals surface area contributed by atoms with Gasteiger partial charge in [-0.3, -0.25) is 19.7 Å². The third kappa shape index (κ3) is 3.99. The van der Waals surface area contributed by atoms with Gasteiger partial charge in [-0.25, -0.2) is 0 Å². The Hall–Kier alpha value is -2.53. The Morgan fingerprint density at radius 1 is 1.19 bits per heavy atom. The van der Waals surface area contributed by atoms with Gasteiger partial charge in [-0.15, -0.1) is 0 Å². The molecule has 1 aliphatic heterocycles. The van der Waals surface area contributed by atoms with E-state index in [0.717, 1.165) is 38.2 Å². The van der Waals surface area contributed by atoms with Crippen LogP contribution in [0.1, 0.15) is 30.5 Å². The average molecular weight is 348 g/mol. The summed E-state index contributed by atoms with van der Waals surface area (Å²) in [6.07, 6.45) is 10.3. The van der Waals surface area contributed by atoms with Crippen molar-refractivity contribution in [1.29, 1.82) is 0 Å². The molecule has 3 aromatic rings. The smallest absolute Gasteiger partial charge is 0.136 e. The lowest BCUT2D eigenvalue weighted by Gasteiger charge is -2.31. The third-order valence-corrected chi connectivity index (χ3v) is 5.31. The van der Waals surface area contributed by atoms with Crippen LogP contribution in [0.25, 0.3) is 10.9 Å². The molecule has 1 N–H and O–H groups in total. The van der Waals surface area contributed by atoms with Gasteiger partial charge in [0.25, 0.3) is 0 Å². The number of likely N-dealkylation sites (tertiary alicyclic amines) is 1. The first kappa shape index (κ1) is 16.9. The maximum atomic E-state index is 12.5. The quantitative estimate of drug-likeness (QED) is 0.742. The molecule has 0 amide bonds. The van der Waals surface area contributed by atoms with Crippen LogP contribution >= 0.6 is 0 Å². The van der Waals surface area contributed by atoms with E-state index < -0.39 is 0 Å². The van der Waals surface area contributed by atoms with Crippen molar-refractivity contribution >= 4 is 16.7 Å². The van der Waals surface area contributed by atoms with Crippen LogP contribution in [0.2, 0.25) is 0 Å². The molecule has 134 valence electrons. The van der Waals surface area contributed by atoms with E-state index in [0.29, 0.717) is 18.6 Å². The van der Waals surface area contributed by atoms with E-state index in [9.17, 15) is 4.79 Å². The predicted molar refractivity (Wildman–Crippen MR) is 102 cm³/mol. The predicted octanol–water partition coefficient (Wildman–Crippen LogP) is 3.37. The zero-order valence-corrected chi connectivity index (χ0v) is 14.9. The number of aromatic nitrogens is 3. The zero-order chi connectivity index (χ0) is 17.8. The number of nitrogens with zero attached hydrogens (tertiary/aromatic N) is 3. The Bertz CT molecular complexity index is 866. The summed E-state index contributed by atoms with van der Waals surface area (Å²) >= 11 is 0. The number of H-pyrrole nitrogens is 1. The van der Waals surface area contributed by atoms with Crippen molar-refractivity contribution in [2.24, 2.45) is 5.92 Å². The van der Waals surface area contributed by atoms with E-state index in [1.165, 1.54) is 16.5 Å². The van der Waals surface area contributed by atoms with Gasteiger partial charge in [0, 0.05) is 49.2 Å². The van der Waals surface area contributed by atoms with Crippen LogP contribution in [0, 0.1) is 5.92 Å². The van der Waals surface area contributed by atoms with Crippen molar-refractivity contribution in [3.63, 3.8) is 0 Å². The fourth-order valence-corrected chi connectivity index (χ4v) is 3.79. The first-order chi connectivity index (χ1) is 12.8. The molecule has 1 aromatic carbocycles. The Kier molecular flexibility index (Phi) is 5.07. The molecule has 1 saturated heterocycles. The lowest BCUT2D eigenvalue weighted by Crippen LogP contribution is -2.36. The van der Waals surface area contributed by atoms with Gasteiger partial charge in [-0.2, -0.15) is 0 Å². The Morgan fingerprint density at radius 2 is 2.08 bits per heavy atom. The summed E-state index contributed by atoms with van der Waals surface area (Å²) in [6, 6.07) is 8.70. The number of fused-ring (bicyclic) bond motifs is 1. The van der Waals surface area contributed by atoms with E-state index in [1.807, 2.05) is 6.20 Å². The number of aryl methyl sites for hydroxylation is 1. The number of Topliss-reactive ketones (excluding diaryl/α,β-unsaturated/α-hetero) is 1. The van der Waals surface area contributed by atoms with E-state index in [1.54, 1.807) is 18.6 Å². The molecule has 3 heterocycles. The largest absolute Gasteiger partial charge is 0.361 e. The van der Waals surface area contributed by atoms with E-state index >= 15 is 0 Å². The Morgan fingerprint density at radius 3 is 2.88 bits per heavy atom. The number of benzene rings is 1. The standard InChI is InChI=1S/C21H24N4O/c26-21(4-2-19-14-22-9-10-23-19)17-6-11-25(12-7-17)15-16-1-3-20-18(13-16)5-8-24-20/h1,3,5,8-10,13-14,17,24H,2,4,6-7,11-12,15H2. The molecule has 0 saturated carbocycles. The van der Waals surface area contributed by atoms with Crippen LogP contribution in [-0.2, 0) is 17.8 Å². The average Bonchev–Trinajstić information content (AvgIpc) is 3.15. The van der Waals surface area contributed by atoms with Crippen molar-refractivity contribution < 1.29 is 4.79 Å². The number of ketones is 1. The molecule has 5 heteroatoms. The minimum Gasteiger partial charge on any atom is -0.361 e. The molecular weight excluding hydrogens is 324 g/mol. The number of piperidine rings is 1. The van der Waals surface area contributed by atoms with Crippen molar-refractivity contribution in [1.82, 2.24) is 19.9 Å². The number of carbonyl (C=O) groups is 1. The van der Waals surface area contributed by atoms with Gasteiger partial charge < -0.3 is 4.98 Å². The summed E-state index contributed by atoms with van der Waals surface area (Å²) in [5, 5.41) is 1.26. The summed E-state index contributed by atoms with van der Waals surface area (Å²) in [7, 11) is 0. The first-order valence-corrected chi connectivity index (χ1v) is 9.34. The Labute approximate surface area is 153 Å². The molecule has 5 nitrogen and oxygen atoms in total. The van der Waals surface area contributed by atoms with Crippen molar-refractivity contribution in [3.05, 3.63) is 60.3 Å². The molecule has 2 aromatic heterocycles. The number of carbonyl (C=O) groups excluding carboxylic acids is 1. The molecule has 0 aliphatic carbocycles. The summed E-state index contributed by atoms with van der Waals surface area (Å²) in [6.45, 7) is 2.95. The second kappa shape index (κ2) is 7.79. The molecule has 4 rings (SSSR count). The summed E-state index contributed by atoms with van der Waals surface area (Å²) in [5.41, 5.74) is 3.42. The fraction of sp³-hybridized carbons (Fsp3) is 0.381. The number of rotatable bonds is 6. The maximum absolute atomic E-state index is 12.5. The van der Waals surface area contributed by atoms with Crippen molar-refractivity contribution in [2.75, 3.05) is 13.1 Å².